The highest BCUT2D eigenvalue weighted by atomic mass is 16.2. The minimum Gasteiger partial charge on any atom is -0.323 e. The molecular weight excluding hydrogens is 192 g/mol. The van der Waals surface area contributed by atoms with Gasteiger partial charge in [0, 0.05) is 25.5 Å². The van der Waals surface area contributed by atoms with Gasteiger partial charge in [-0.25, -0.2) is 9.78 Å². The van der Waals surface area contributed by atoms with Gasteiger partial charge >= 0.3 is 6.03 Å². The van der Waals surface area contributed by atoms with Crippen molar-refractivity contribution in [1.82, 2.24) is 14.5 Å². The van der Waals surface area contributed by atoms with E-state index in [1.165, 1.54) is 10.9 Å². The summed E-state index contributed by atoms with van der Waals surface area (Å²) >= 11 is 0. The van der Waals surface area contributed by atoms with Crippen molar-refractivity contribution in [3.8, 4) is 6.07 Å². The third kappa shape index (κ3) is 2.81. The Bertz CT molecular complexity index is 352. The third-order valence-electron chi connectivity index (χ3n) is 2.09. The molecule has 0 fully saturated rings. The summed E-state index contributed by atoms with van der Waals surface area (Å²) < 4.78 is 1.41. The molecule has 0 aliphatic heterocycles. The number of hydrogen-bond acceptors (Lipinski definition) is 3. The Morgan fingerprint density at radius 1 is 1.73 bits per heavy atom. The van der Waals surface area contributed by atoms with E-state index in [0.717, 1.165) is 0 Å². The Morgan fingerprint density at radius 2 is 2.47 bits per heavy atom. The first-order valence-corrected chi connectivity index (χ1v) is 4.85. The molecule has 0 N–H and O–H groups in total. The average Bonchev–Trinajstić information content (AvgIpc) is 2.77. The predicted molar refractivity (Wildman–Crippen MR) is 55.0 cm³/mol. The third-order valence-corrected chi connectivity index (χ3v) is 2.09. The van der Waals surface area contributed by atoms with E-state index in [4.69, 9.17) is 5.26 Å². The van der Waals surface area contributed by atoms with Gasteiger partial charge in [0.25, 0.3) is 0 Å². The molecule has 0 aromatic carbocycles. The SMILES string of the molecule is CCN(CC(C)C#N)C(=O)n1ccnc1. The minimum atomic E-state index is -0.155. The van der Waals surface area contributed by atoms with Gasteiger partial charge in [-0.1, -0.05) is 0 Å². The van der Waals surface area contributed by atoms with Crippen molar-refractivity contribution >= 4 is 6.03 Å². The van der Waals surface area contributed by atoms with Gasteiger partial charge in [-0.3, -0.25) is 4.57 Å². The molecule has 5 heteroatoms. The van der Waals surface area contributed by atoms with E-state index in [9.17, 15) is 4.79 Å². The summed E-state index contributed by atoms with van der Waals surface area (Å²) in [5, 5.41) is 8.68. The van der Waals surface area contributed by atoms with E-state index >= 15 is 0 Å². The van der Waals surface area contributed by atoms with Crippen LogP contribution in [0.15, 0.2) is 18.7 Å². The van der Waals surface area contributed by atoms with Crippen LogP contribution in [0.4, 0.5) is 4.79 Å². The number of rotatable bonds is 3. The Morgan fingerprint density at radius 3 is 2.93 bits per heavy atom. The molecule has 0 aliphatic rings. The summed E-state index contributed by atoms with van der Waals surface area (Å²) in [6, 6.07) is 1.97. The van der Waals surface area contributed by atoms with Crippen molar-refractivity contribution in [2.24, 2.45) is 5.92 Å². The summed E-state index contributed by atoms with van der Waals surface area (Å²) in [5.41, 5.74) is 0. The second-order valence-electron chi connectivity index (χ2n) is 3.32. The second-order valence-corrected chi connectivity index (χ2v) is 3.32. The van der Waals surface area contributed by atoms with Crippen molar-refractivity contribution in [3.05, 3.63) is 18.7 Å². The van der Waals surface area contributed by atoms with Crippen LogP contribution in [0.5, 0.6) is 0 Å². The fraction of sp³-hybridized carbons (Fsp3) is 0.500. The molecule has 1 aromatic rings. The lowest BCUT2D eigenvalue weighted by atomic mass is 10.2. The van der Waals surface area contributed by atoms with Crippen LogP contribution in [-0.4, -0.2) is 33.6 Å². The number of nitriles is 1. The number of aromatic nitrogens is 2. The number of carbonyl (C=O) groups excluding carboxylic acids is 1. The standard InChI is InChI=1S/C10H14N4O/c1-3-13(7-9(2)6-11)10(15)14-5-4-12-8-14/h4-5,8-9H,3,7H2,1-2H3. The van der Waals surface area contributed by atoms with E-state index in [0.29, 0.717) is 13.1 Å². The quantitative estimate of drug-likeness (QED) is 0.749. The van der Waals surface area contributed by atoms with Crippen molar-refractivity contribution in [3.63, 3.8) is 0 Å². The number of carbonyl (C=O) groups is 1. The molecule has 1 unspecified atom stereocenters. The van der Waals surface area contributed by atoms with Gasteiger partial charge in [0.15, 0.2) is 0 Å². The fourth-order valence-electron chi connectivity index (χ4n) is 1.25. The molecule has 1 rings (SSSR count). The average molecular weight is 206 g/mol. The number of hydrogen-bond donors (Lipinski definition) is 0. The van der Waals surface area contributed by atoms with Crippen LogP contribution >= 0.6 is 0 Å². The van der Waals surface area contributed by atoms with Crippen LogP contribution in [0, 0.1) is 17.2 Å². The Balaban J connectivity index is 2.68. The maximum absolute atomic E-state index is 11.8. The molecule has 80 valence electrons. The highest BCUT2D eigenvalue weighted by Crippen LogP contribution is 2.01. The molecule has 0 aliphatic carbocycles. The van der Waals surface area contributed by atoms with Gasteiger partial charge in [0.1, 0.15) is 6.33 Å². The highest BCUT2D eigenvalue weighted by molar-refractivity contribution is 5.76. The number of imidazole rings is 1. The molecule has 0 saturated carbocycles. The molecular formula is C10H14N4O. The molecule has 1 heterocycles. The Labute approximate surface area is 88.9 Å². The van der Waals surface area contributed by atoms with E-state index < -0.39 is 0 Å². The lowest BCUT2D eigenvalue weighted by molar-refractivity contribution is 0.198. The van der Waals surface area contributed by atoms with Gasteiger partial charge in [0.05, 0.1) is 12.0 Å². The first-order valence-electron chi connectivity index (χ1n) is 4.85. The van der Waals surface area contributed by atoms with Crippen LogP contribution in [0.2, 0.25) is 0 Å². The van der Waals surface area contributed by atoms with Gasteiger partial charge in [-0.15, -0.1) is 0 Å². The zero-order valence-electron chi connectivity index (χ0n) is 8.92. The van der Waals surface area contributed by atoms with Crippen LogP contribution in [-0.2, 0) is 0 Å². The fourth-order valence-corrected chi connectivity index (χ4v) is 1.25. The molecule has 0 radical (unpaired) electrons. The zero-order chi connectivity index (χ0) is 11.3. The van der Waals surface area contributed by atoms with Crippen molar-refractivity contribution in [2.45, 2.75) is 13.8 Å². The second kappa shape index (κ2) is 5.15. The molecule has 15 heavy (non-hydrogen) atoms. The predicted octanol–water partition coefficient (Wildman–Crippen LogP) is 1.33. The largest absolute Gasteiger partial charge is 0.329 e. The smallest absolute Gasteiger partial charge is 0.323 e. The normalized spacial score (nSPS) is 11.8. The molecule has 0 bridgehead atoms. The van der Waals surface area contributed by atoms with E-state index in [2.05, 4.69) is 11.1 Å². The van der Waals surface area contributed by atoms with Gasteiger partial charge in [0.2, 0.25) is 0 Å². The summed E-state index contributed by atoms with van der Waals surface area (Å²) in [5.74, 6) is -0.155. The number of nitrogens with zero attached hydrogens (tertiary/aromatic N) is 4. The molecule has 0 saturated heterocycles. The van der Waals surface area contributed by atoms with Gasteiger partial charge in [-0.05, 0) is 13.8 Å². The van der Waals surface area contributed by atoms with Crippen LogP contribution in [0.25, 0.3) is 0 Å². The van der Waals surface area contributed by atoms with Crippen molar-refractivity contribution in [1.29, 1.82) is 5.26 Å². The minimum absolute atomic E-state index is 0.142. The zero-order valence-corrected chi connectivity index (χ0v) is 8.92. The first kappa shape index (κ1) is 11.2. The van der Waals surface area contributed by atoms with Crippen molar-refractivity contribution < 1.29 is 4.79 Å². The first-order chi connectivity index (χ1) is 7.19. The maximum Gasteiger partial charge on any atom is 0.329 e. The maximum atomic E-state index is 11.8. The van der Waals surface area contributed by atoms with Gasteiger partial charge in [-0.2, -0.15) is 5.26 Å². The van der Waals surface area contributed by atoms with Crippen LogP contribution in [0.1, 0.15) is 13.8 Å². The van der Waals surface area contributed by atoms with Gasteiger partial charge < -0.3 is 4.90 Å². The summed E-state index contributed by atoms with van der Waals surface area (Å²) in [4.78, 5) is 17.3. The van der Waals surface area contributed by atoms with E-state index in [1.54, 1.807) is 24.2 Å². The monoisotopic (exact) mass is 206 g/mol. The summed E-state index contributed by atoms with van der Waals surface area (Å²) in [6.07, 6.45) is 4.61. The van der Waals surface area contributed by atoms with E-state index in [-0.39, 0.29) is 11.9 Å². The Hall–Kier alpha value is -1.83. The molecule has 1 aromatic heterocycles. The van der Waals surface area contributed by atoms with E-state index in [1.807, 2.05) is 6.92 Å². The number of amides is 1. The summed E-state index contributed by atoms with van der Waals surface area (Å²) in [6.45, 7) is 4.72. The lowest BCUT2D eigenvalue weighted by Crippen LogP contribution is -2.36. The lowest BCUT2D eigenvalue weighted by Gasteiger charge is -2.21. The van der Waals surface area contributed by atoms with Crippen LogP contribution in [0.3, 0.4) is 0 Å². The highest BCUT2D eigenvalue weighted by Gasteiger charge is 2.15. The van der Waals surface area contributed by atoms with Crippen LogP contribution < -0.4 is 0 Å². The molecule has 1 atom stereocenters. The summed E-state index contributed by atoms with van der Waals surface area (Å²) in [7, 11) is 0. The van der Waals surface area contributed by atoms with Crippen molar-refractivity contribution in [2.75, 3.05) is 13.1 Å². The topological polar surface area (TPSA) is 61.9 Å². The molecule has 5 nitrogen and oxygen atoms in total. The Kier molecular flexibility index (Phi) is 3.86. The molecule has 1 amide bonds. The molecule has 0 spiro atoms.